The van der Waals surface area contributed by atoms with Crippen molar-refractivity contribution in [2.45, 2.75) is 40.0 Å². The largest absolute Gasteiger partial charge is 0.367 e. The highest BCUT2D eigenvalue weighted by atomic mass is 32.1. The first-order valence-electron chi connectivity index (χ1n) is 4.54. The predicted molar refractivity (Wildman–Crippen MR) is 55.0 cm³/mol. The lowest BCUT2D eigenvalue weighted by Crippen LogP contribution is -2.28. The molecule has 0 radical (unpaired) electrons. The van der Waals surface area contributed by atoms with Crippen LogP contribution in [-0.2, 0) is 0 Å². The lowest BCUT2D eigenvalue weighted by Gasteiger charge is -2.21. The summed E-state index contributed by atoms with van der Waals surface area (Å²) in [6.45, 7) is 8.62. The molecule has 0 aromatic rings. The van der Waals surface area contributed by atoms with E-state index in [0.717, 1.165) is 24.5 Å². The van der Waals surface area contributed by atoms with Gasteiger partial charge in [-0.2, -0.15) is 0 Å². The second kappa shape index (κ2) is 6.59. The molecule has 0 aromatic carbocycles. The highest BCUT2D eigenvalue weighted by molar-refractivity contribution is 7.80. The lowest BCUT2D eigenvalue weighted by molar-refractivity contribution is 0.462. The van der Waals surface area contributed by atoms with E-state index in [4.69, 9.17) is 12.2 Å². The monoisotopic (exact) mass is 173 g/mol. The zero-order valence-electron chi connectivity index (χ0n) is 7.89. The molecule has 1 nitrogen and oxygen atoms in total. The van der Waals surface area contributed by atoms with Crippen LogP contribution in [0.5, 0.6) is 0 Å². The summed E-state index contributed by atoms with van der Waals surface area (Å²) in [5.41, 5.74) is 0. The molecule has 66 valence electrons. The highest BCUT2D eigenvalue weighted by Gasteiger charge is 2.02. The Morgan fingerprint density at radius 3 is 2.09 bits per heavy atom. The van der Waals surface area contributed by atoms with Crippen LogP contribution in [0.15, 0.2) is 0 Å². The molecule has 0 unspecified atom stereocenters. The molecule has 0 rings (SSSR count). The van der Waals surface area contributed by atoms with Crippen LogP contribution in [0.4, 0.5) is 0 Å². The summed E-state index contributed by atoms with van der Waals surface area (Å²) in [7, 11) is 0. The Hall–Kier alpha value is -0.110. The van der Waals surface area contributed by atoms with Crippen molar-refractivity contribution < 1.29 is 0 Å². The van der Waals surface area contributed by atoms with E-state index in [-0.39, 0.29) is 0 Å². The second-order valence-electron chi connectivity index (χ2n) is 2.67. The van der Waals surface area contributed by atoms with Crippen molar-refractivity contribution in [2.75, 3.05) is 13.1 Å². The van der Waals surface area contributed by atoms with E-state index >= 15 is 0 Å². The molecule has 0 spiro atoms. The molecule has 0 fully saturated rings. The van der Waals surface area contributed by atoms with Crippen LogP contribution in [0.25, 0.3) is 0 Å². The van der Waals surface area contributed by atoms with Gasteiger partial charge in [-0.3, -0.25) is 0 Å². The van der Waals surface area contributed by atoms with Gasteiger partial charge in [0.15, 0.2) is 0 Å². The normalized spacial score (nSPS) is 9.73. The number of hydrogen-bond acceptors (Lipinski definition) is 1. The Balaban J connectivity index is 3.61. The number of rotatable bonds is 5. The third-order valence-electron chi connectivity index (χ3n) is 1.86. The van der Waals surface area contributed by atoms with Crippen LogP contribution < -0.4 is 0 Å². The fourth-order valence-electron chi connectivity index (χ4n) is 1.06. The zero-order chi connectivity index (χ0) is 8.69. The van der Waals surface area contributed by atoms with Gasteiger partial charge in [-0.25, -0.2) is 0 Å². The van der Waals surface area contributed by atoms with E-state index < -0.39 is 0 Å². The predicted octanol–water partition coefficient (Wildman–Crippen LogP) is 2.85. The van der Waals surface area contributed by atoms with E-state index in [0.29, 0.717) is 0 Å². The molecular formula is C9H19NS. The molecule has 0 saturated carbocycles. The van der Waals surface area contributed by atoms with Crippen molar-refractivity contribution in [2.24, 2.45) is 0 Å². The molecule has 0 aliphatic carbocycles. The van der Waals surface area contributed by atoms with E-state index in [1.165, 1.54) is 12.8 Å². The SMILES string of the molecule is CCCCC(=S)N(CC)CC. The molecular weight excluding hydrogens is 154 g/mol. The smallest absolute Gasteiger partial charge is 0.0779 e. The molecule has 0 saturated heterocycles. The fourth-order valence-corrected chi connectivity index (χ4v) is 1.46. The number of hydrogen-bond donors (Lipinski definition) is 0. The van der Waals surface area contributed by atoms with Gasteiger partial charge in [0.05, 0.1) is 4.99 Å². The van der Waals surface area contributed by atoms with Gasteiger partial charge >= 0.3 is 0 Å². The van der Waals surface area contributed by atoms with Gasteiger partial charge < -0.3 is 4.90 Å². The Labute approximate surface area is 75.8 Å². The minimum Gasteiger partial charge on any atom is -0.367 e. The topological polar surface area (TPSA) is 3.24 Å². The van der Waals surface area contributed by atoms with Crippen molar-refractivity contribution in [3.05, 3.63) is 0 Å². The number of thiocarbonyl (C=S) groups is 1. The Bertz CT molecular complexity index is 108. The Morgan fingerprint density at radius 2 is 1.73 bits per heavy atom. The average Bonchev–Trinajstić information content (AvgIpc) is 2.03. The van der Waals surface area contributed by atoms with Crippen LogP contribution in [-0.4, -0.2) is 23.0 Å². The van der Waals surface area contributed by atoms with Gasteiger partial charge in [0.1, 0.15) is 0 Å². The molecule has 0 N–H and O–H groups in total. The average molecular weight is 173 g/mol. The molecule has 0 aliphatic heterocycles. The molecule has 0 heterocycles. The number of unbranched alkanes of at least 4 members (excludes halogenated alkanes) is 1. The standard InChI is InChI=1S/C9H19NS/c1-4-7-8-9(11)10(5-2)6-3/h4-8H2,1-3H3. The maximum Gasteiger partial charge on any atom is 0.0779 e. The summed E-state index contributed by atoms with van der Waals surface area (Å²) < 4.78 is 0. The van der Waals surface area contributed by atoms with E-state index in [2.05, 4.69) is 25.7 Å². The molecule has 11 heavy (non-hydrogen) atoms. The fraction of sp³-hybridized carbons (Fsp3) is 0.889. The molecule has 0 bridgehead atoms. The van der Waals surface area contributed by atoms with Crippen molar-refractivity contribution >= 4 is 17.2 Å². The van der Waals surface area contributed by atoms with Crippen LogP contribution in [0.3, 0.4) is 0 Å². The van der Waals surface area contributed by atoms with Crippen LogP contribution >= 0.6 is 12.2 Å². The lowest BCUT2D eigenvalue weighted by atomic mass is 10.2. The minimum atomic E-state index is 1.05. The van der Waals surface area contributed by atoms with Crippen LogP contribution in [0.2, 0.25) is 0 Å². The van der Waals surface area contributed by atoms with Gasteiger partial charge in [0.2, 0.25) is 0 Å². The van der Waals surface area contributed by atoms with Crippen molar-refractivity contribution in [1.82, 2.24) is 4.90 Å². The highest BCUT2D eigenvalue weighted by Crippen LogP contribution is 2.01. The van der Waals surface area contributed by atoms with Crippen LogP contribution in [0.1, 0.15) is 40.0 Å². The molecule has 0 amide bonds. The molecule has 0 atom stereocenters. The van der Waals surface area contributed by atoms with Crippen LogP contribution in [0, 0.1) is 0 Å². The van der Waals surface area contributed by atoms with Crippen molar-refractivity contribution in [1.29, 1.82) is 0 Å². The summed E-state index contributed by atoms with van der Waals surface area (Å²) in [6.07, 6.45) is 3.56. The van der Waals surface area contributed by atoms with Crippen molar-refractivity contribution in [3.8, 4) is 0 Å². The third kappa shape index (κ3) is 4.35. The zero-order valence-corrected chi connectivity index (χ0v) is 8.71. The van der Waals surface area contributed by atoms with Gasteiger partial charge in [-0.05, 0) is 26.7 Å². The third-order valence-corrected chi connectivity index (χ3v) is 2.32. The van der Waals surface area contributed by atoms with Gasteiger partial charge in [0, 0.05) is 13.1 Å². The van der Waals surface area contributed by atoms with E-state index in [9.17, 15) is 0 Å². The van der Waals surface area contributed by atoms with Gasteiger partial charge in [-0.1, -0.05) is 25.6 Å². The first kappa shape index (κ1) is 10.9. The summed E-state index contributed by atoms with van der Waals surface area (Å²) in [5, 5.41) is 0. The summed E-state index contributed by atoms with van der Waals surface area (Å²) >= 11 is 5.27. The molecule has 2 heteroatoms. The molecule has 0 aliphatic rings. The molecule has 0 aromatic heterocycles. The first-order valence-corrected chi connectivity index (χ1v) is 4.94. The Kier molecular flexibility index (Phi) is 6.52. The number of nitrogens with zero attached hydrogens (tertiary/aromatic N) is 1. The van der Waals surface area contributed by atoms with Crippen molar-refractivity contribution in [3.63, 3.8) is 0 Å². The van der Waals surface area contributed by atoms with Gasteiger partial charge in [0.25, 0.3) is 0 Å². The van der Waals surface area contributed by atoms with E-state index in [1.807, 2.05) is 0 Å². The second-order valence-corrected chi connectivity index (χ2v) is 3.14. The quantitative estimate of drug-likeness (QED) is 0.588. The van der Waals surface area contributed by atoms with E-state index in [1.54, 1.807) is 0 Å². The minimum absolute atomic E-state index is 1.05. The summed E-state index contributed by atoms with van der Waals surface area (Å²) in [4.78, 5) is 3.39. The summed E-state index contributed by atoms with van der Waals surface area (Å²) in [5.74, 6) is 0. The summed E-state index contributed by atoms with van der Waals surface area (Å²) in [6, 6.07) is 0. The first-order chi connectivity index (χ1) is 5.26. The Morgan fingerprint density at radius 1 is 1.18 bits per heavy atom. The van der Waals surface area contributed by atoms with Gasteiger partial charge in [-0.15, -0.1) is 0 Å². The maximum absolute atomic E-state index is 5.27. The maximum atomic E-state index is 5.27.